The normalized spacial score (nSPS) is 26.3. The molecule has 0 saturated heterocycles. The number of thiazole rings is 1. The summed E-state index contributed by atoms with van der Waals surface area (Å²) in [6, 6.07) is 7.68. The van der Waals surface area contributed by atoms with Gasteiger partial charge in [-0.05, 0) is 30.4 Å². The number of para-hydroxylation sites is 1. The Morgan fingerprint density at radius 2 is 2.00 bits per heavy atom. The molecule has 2 unspecified atom stereocenters. The molecule has 0 bridgehead atoms. The van der Waals surface area contributed by atoms with Crippen LogP contribution in [0.3, 0.4) is 0 Å². The van der Waals surface area contributed by atoms with Crippen LogP contribution in [-0.4, -0.2) is 16.9 Å². The van der Waals surface area contributed by atoms with E-state index in [1.54, 1.807) is 6.92 Å². The highest BCUT2D eigenvalue weighted by atomic mass is 32.1. The molecule has 1 heterocycles. The van der Waals surface area contributed by atoms with Crippen LogP contribution in [0.5, 0.6) is 0 Å². The maximum atomic E-state index is 12.7. The molecule has 122 valence electrons. The first-order valence-electron chi connectivity index (χ1n) is 7.63. The molecule has 1 saturated carbocycles. The lowest BCUT2D eigenvalue weighted by molar-refractivity contribution is -0.323. The van der Waals surface area contributed by atoms with E-state index < -0.39 is 16.8 Å². The summed E-state index contributed by atoms with van der Waals surface area (Å²) in [6.07, 6.45) is 0.981. The Balaban J connectivity index is 1.82. The van der Waals surface area contributed by atoms with Gasteiger partial charge in [0, 0.05) is 17.3 Å². The lowest BCUT2D eigenvalue weighted by atomic mass is 9.65. The first-order chi connectivity index (χ1) is 10.8. The maximum Gasteiger partial charge on any atom is 0.229 e. The van der Waals surface area contributed by atoms with Gasteiger partial charge in [0.25, 0.3) is 0 Å². The molecule has 3 rings (SSSR count). The predicted molar refractivity (Wildman–Crippen MR) is 87.9 cm³/mol. The van der Waals surface area contributed by atoms with Crippen molar-refractivity contribution >= 4 is 38.6 Å². The number of carbonyl (C=O) groups is 2. The Bertz CT molecular complexity index is 750. The van der Waals surface area contributed by atoms with Gasteiger partial charge in [-0.1, -0.05) is 44.2 Å². The highest BCUT2D eigenvalue weighted by Crippen LogP contribution is 2.55. The molecular weight excluding hydrogens is 312 g/mol. The van der Waals surface area contributed by atoms with Crippen LogP contribution >= 0.6 is 11.3 Å². The van der Waals surface area contributed by atoms with E-state index in [0.717, 1.165) is 10.2 Å². The maximum absolute atomic E-state index is 12.7. The van der Waals surface area contributed by atoms with E-state index >= 15 is 0 Å². The Hall–Kier alpha value is -1.95. The van der Waals surface area contributed by atoms with Crippen LogP contribution < -0.4 is 10.4 Å². The molecule has 1 amide bonds. The third-order valence-electron chi connectivity index (χ3n) is 5.52. The van der Waals surface area contributed by atoms with Gasteiger partial charge in [-0.2, -0.15) is 0 Å². The number of benzene rings is 1. The highest BCUT2D eigenvalue weighted by molar-refractivity contribution is 7.22. The topological polar surface area (TPSA) is 82.1 Å². The van der Waals surface area contributed by atoms with Crippen molar-refractivity contribution in [3.8, 4) is 0 Å². The summed E-state index contributed by atoms with van der Waals surface area (Å²) in [5, 5.41) is 14.9. The third kappa shape index (κ3) is 2.41. The highest BCUT2D eigenvalue weighted by Gasteiger charge is 2.54. The fourth-order valence-electron chi connectivity index (χ4n) is 3.44. The van der Waals surface area contributed by atoms with Gasteiger partial charge in [-0.3, -0.25) is 4.79 Å². The number of rotatable bonds is 3. The molecule has 5 nitrogen and oxygen atoms in total. The quantitative estimate of drug-likeness (QED) is 0.936. The van der Waals surface area contributed by atoms with Gasteiger partial charge < -0.3 is 15.2 Å². The Kier molecular flexibility index (Phi) is 3.67. The second-order valence-electron chi connectivity index (χ2n) is 6.91. The van der Waals surface area contributed by atoms with Gasteiger partial charge >= 0.3 is 0 Å². The molecule has 2 aromatic rings. The van der Waals surface area contributed by atoms with Crippen molar-refractivity contribution < 1.29 is 14.7 Å². The summed E-state index contributed by atoms with van der Waals surface area (Å²) in [5.41, 5.74) is -0.826. The first kappa shape index (κ1) is 15.9. The van der Waals surface area contributed by atoms with Crippen LogP contribution in [0.25, 0.3) is 10.2 Å². The van der Waals surface area contributed by atoms with Crippen LogP contribution in [0.2, 0.25) is 0 Å². The smallest absolute Gasteiger partial charge is 0.229 e. The molecule has 2 atom stereocenters. The van der Waals surface area contributed by atoms with Gasteiger partial charge in [0.05, 0.1) is 10.2 Å². The fourth-order valence-corrected chi connectivity index (χ4v) is 4.31. The molecule has 1 aromatic carbocycles. The van der Waals surface area contributed by atoms with E-state index in [4.69, 9.17) is 0 Å². The number of hydrogen-bond acceptors (Lipinski definition) is 5. The molecule has 23 heavy (non-hydrogen) atoms. The van der Waals surface area contributed by atoms with Gasteiger partial charge in [-0.15, -0.1) is 0 Å². The minimum Gasteiger partial charge on any atom is -0.550 e. The molecule has 0 aliphatic heterocycles. The Labute approximate surface area is 138 Å². The number of carbonyl (C=O) groups excluding carboxylic acids is 2. The molecule has 1 N–H and O–H groups in total. The Morgan fingerprint density at radius 3 is 2.61 bits per heavy atom. The molecule has 1 aliphatic rings. The molecule has 1 aliphatic carbocycles. The number of nitrogens with one attached hydrogen (secondary N) is 1. The number of anilines is 1. The van der Waals surface area contributed by atoms with Crippen LogP contribution in [0.1, 0.15) is 33.6 Å². The van der Waals surface area contributed by atoms with Gasteiger partial charge in [-0.25, -0.2) is 4.98 Å². The molecule has 0 spiro atoms. The van der Waals surface area contributed by atoms with E-state index in [1.165, 1.54) is 11.3 Å². The van der Waals surface area contributed by atoms with Gasteiger partial charge in [0.15, 0.2) is 5.13 Å². The van der Waals surface area contributed by atoms with Crippen LogP contribution in [0.4, 0.5) is 5.13 Å². The van der Waals surface area contributed by atoms with E-state index in [0.29, 0.717) is 18.0 Å². The van der Waals surface area contributed by atoms with Gasteiger partial charge in [0.2, 0.25) is 5.91 Å². The summed E-state index contributed by atoms with van der Waals surface area (Å²) >= 11 is 1.42. The number of aliphatic carboxylic acids is 1. The zero-order valence-corrected chi connectivity index (χ0v) is 14.2. The van der Waals surface area contributed by atoms with Crippen molar-refractivity contribution in [2.45, 2.75) is 33.6 Å². The summed E-state index contributed by atoms with van der Waals surface area (Å²) < 4.78 is 1.01. The summed E-state index contributed by atoms with van der Waals surface area (Å²) in [6.45, 7) is 5.34. The second kappa shape index (κ2) is 5.30. The van der Waals surface area contributed by atoms with Crippen LogP contribution in [0, 0.1) is 16.7 Å². The van der Waals surface area contributed by atoms with E-state index in [9.17, 15) is 14.7 Å². The van der Waals surface area contributed by atoms with E-state index in [-0.39, 0.29) is 11.8 Å². The number of carboxylic acids is 1. The monoisotopic (exact) mass is 331 g/mol. The number of fused-ring (bicyclic) bond motifs is 1. The number of nitrogens with zero attached hydrogens (tertiary/aromatic N) is 1. The number of amides is 1. The lowest BCUT2D eigenvalue weighted by Crippen LogP contribution is -2.49. The lowest BCUT2D eigenvalue weighted by Gasteiger charge is -2.41. The minimum absolute atomic E-state index is 0.168. The zero-order valence-electron chi connectivity index (χ0n) is 13.4. The molecule has 6 heteroatoms. The third-order valence-corrected chi connectivity index (χ3v) is 6.47. The second-order valence-corrected chi connectivity index (χ2v) is 7.94. The zero-order chi connectivity index (χ0) is 16.8. The SMILES string of the molecule is CC1(C(=O)[O-])CCC(C(=O)Nc2nc3ccccc3s2)C1(C)C. The molecule has 1 fully saturated rings. The molecule has 0 radical (unpaired) electrons. The number of hydrogen-bond donors (Lipinski definition) is 1. The van der Waals surface area contributed by atoms with Crippen molar-refractivity contribution in [2.75, 3.05) is 5.32 Å². The van der Waals surface area contributed by atoms with E-state index in [1.807, 2.05) is 38.1 Å². The van der Waals surface area contributed by atoms with Crippen LogP contribution in [-0.2, 0) is 9.59 Å². The first-order valence-corrected chi connectivity index (χ1v) is 8.45. The van der Waals surface area contributed by atoms with Crippen molar-refractivity contribution in [2.24, 2.45) is 16.7 Å². The Morgan fingerprint density at radius 1 is 1.30 bits per heavy atom. The van der Waals surface area contributed by atoms with Crippen LogP contribution in [0.15, 0.2) is 24.3 Å². The average molecular weight is 331 g/mol. The fraction of sp³-hybridized carbons (Fsp3) is 0.471. The molecular formula is C17H19N2O3S-. The summed E-state index contributed by atoms with van der Waals surface area (Å²) in [5.74, 6) is -1.63. The number of aromatic nitrogens is 1. The minimum atomic E-state index is -1.09. The van der Waals surface area contributed by atoms with Crippen molar-refractivity contribution in [3.05, 3.63) is 24.3 Å². The molecule has 1 aromatic heterocycles. The number of carboxylic acid groups (broad SMARTS) is 1. The summed E-state index contributed by atoms with van der Waals surface area (Å²) in [7, 11) is 0. The largest absolute Gasteiger partial charge is 0.550 e. The summed E-state index contributed by atoms with van der Waals surface area (Å²) in [4.78, 5) is 28.6. The van der Waals surface area contributed by atoms with Crippen molar-refractivity contribution in [1.82, 2.24) is 4.98 Å². The van der Waals surface area contributed by atoms with Gasteiger partial charge in [0.1, 0.15) is 0 Å². The standard InChI is InChI=1S/C17H20N2O3S/c1-16(2)10(8-9-17(16,3)14(21)22)13(20)19-15-18-11-6-4-5-7-12(11)23-15/h4-7,10H,8-9H2,1-3H3,(H,21,22)(H,18,19,20)/p-1. The van der Waals surface area contributed by atoms with Crippen molar-refractivity contribution in [3.63, 3.8) is 0 Å². The van der Waals surface area contributed by atoms with E-state index in [2.05, 4.69) is 10.3 Å². The average Bonchev–Trinajstić information content (AvgIpc) is 2.98. The van der Waals surface area contributed by atoms with Crippen molar-refractivity contribution in [1.29, 1.82) is 0 Å². The predicted octanol–water partition coefficient (Wildman–Crippen LogP) is 2.43.